The lowest BCUT2D eigenvalue weighted by atomic mass is 9.84. The number of carbonyl (C=O) groups excluding carboxylic acids is 1. The summed E-state index contributed by atoms with van der Waals surface area (Å²) in [7, 11) is 0. The minimum Gasteiger partial charge on any atom is -0.481 e. The maximum absolute atomic E-state index is 11.8. The number of rotatable bonds is 7. The lowest BCUT2D eigenvalue weighted by Crippen LogP contribution is -2.28. The largest absolute Gasteiger partial charge is 0.481 e. The molecule has 0 spiro atoms. The van der Waals surface area contributed by atoms with Gasteiger partial charge >= 0.3 is 5.97 Å². The Hall–Kier alpha value is -1.78. The van der Waals surface area contributed by atoms with Crippen LogP contribution >= 0.6 is 0 Å². The van der Waals surface area contributed by atoms with E-state index < -0.39 is 5.97 Å². The van der Waals surface area contributed by atoms with Gasteiger partial charge in [0.1, 0.15) is 5.76 Å². The fourth-order valence-electron chi connectivity index (χ4n) is 1.80. The molecule has 5 nitrogen and oxygen atoms in total. The van der Waals surface area contributed by atoms with Crippen LogP contribution < -0.4 is 5.32 Å². The molecule has 0 atom stereocenters. The van der Waals surface area contributed by atoms with Gasteiger partial charge in [-0.3, -0.25) is 9.59 Å². The number of hydrogen-bond acceptors (Lipinski definition) is 3. The first-order chi connectivity index (χ1) is 8.82. The number of carboxylic acids is 1. The Kier molecular flexibility index (Phi) is 5.15. The molecule has 106 valence electrons. The average molecular weight is 267 g/mol. The van der Waals surface area contributed by atoms with Crippen LogP contribution in [0.2, 0.25) is 0 Å². The molecule has 0 aliphatic heterocycles. The van der Waals surface area contributed by atoms with Gasteiger partial charge < -0.3 is 14.8 Å². The van der Waals surface area contributed by atoms with Crippen LogP contribution in [-0.4, -0.2) is 23.5 Å². The van der Waals surface area contributed by atoms with Crippen molar-refractivity contribution in [3.63, 3.8) is 0 Å². The molecule has 5 heteroatoms. The van der Waals surface area contributed by atoms with E-state index in [1.165, 1.54) is 6.26 Å². The van der Waals surface area contributed by atoms with Crippen molar-refractivity contribution in [3.05, 3.63) is 23.7 Å². The molecule has 0 saturated heterocycles. The van der Waals surface area contributed by atoms with Gasteiger partial charge in [-0.25, -0.2) is 0 Å². The fourth-order valence-corrected chi connectivity index (χ4v) is 1.80. The van der Waals surface area contributed by atoms with E-state index >= 15 is 0 Å². The van der Waals surface area contributed by atoms with E-state index in [4.69, 9.17) is 9.52 Å². The summed E-state index contributed by atoms with van der Waals surface area (Å²) in [5.41, 5.74) is 0.445. The molecular formula is C14H21NO4. The van der Waals surface area contributed by atoms with Crippen molar-refractivity contribution in [1.82, 2.24) is 5.32 Å². The van der Waals surface area contributed by atoms with Crippen molar-refractivity contribution in [2.75, 3.05) is 6.54 Å². The number of furan rings is 1. The predicted molar refractivity (Wildman–Crippen MR) is 71.0 cm³/mol. The van der Waals surface area contributed by atoms with E-state index in [1.807, 2.05) is 13.8 Å². The van der Waals surface area contributed by atoms with Gasteiger partial charge in [0.2, 0.25) is 0 Å². The molecule has 19 heavy (non-hydrogen) atoms. The van der Waals surface area contributed by atoms with Crippen molar-refractivity contribution in [3.8, 4) is 0 Å². The van der Waals surface area contributed by atoms with Crippen LogP contribution in [0, 0.1) is 12.3 Å². The Morgan fingerprint density at radius 3 is 2.58 bits per heavy atom. The summed E-state index contributed by atoms with van der Waals surface area (Å²) in [5, 5.41) is 11.5. The van der Waals surface area contributed by atoms with E-state index in [-0.39, 0.29) is 17.7 Å². The summed E-state index contributed by atoms with van der Waals surface area (Å²) in [4.78, 5) is 22.4. The lowest BCUT2D eigenvalue weighted by Gasteiger charge is -2.23. The normalized spacial score (nSPS) is 11.3. The van der Waals surface area contributed by atoms with Crippen LogP contribution in [0.1, 0.15) is 49.2 Å². The van der Waals surface area contributed by atoms with Crippen LogP contribution in [0.5, 0.6) is 0 Å². The van der Waals surface area contributed by atoms with Crippen LogP contribution in [-0.2, 0) is 4.79 Å². The van der Waals surface area contributed by atoms with Crippen molar-refractivity contribution in [1.29, 1.82) is 0 Å². The summed E-state index contributed by atoms with van der Waals surface area (Å²) in [6, 6.07) is 1.64. The Morgan fingerprint density at radius 1 is 1.37 bits per heavy atom. The molecule has 1 heterocycles. The highest BCUT2D eigenvalue weighted by molar-refractivity contribution is 5.94. The third kappa shape index (κ3) is 5.16. The van der Waals surface area contributed by atoms with Gasteiger partial charge in [-0.05, 0) is 31.2 Å². The Balaban J connectivity index is 2.35. The summed E-state index contributed by atoms with van der Waals surface area (Å²) < 4.78 is 5.07. The first-order valence-corrected chi connectivity index (χ1v) is 6.36. The molecule has 0 fully saturated rings. The minimum absolute atomic E-state index is 0.100. The number of hydrogen-bond donors (Lipinski definition) is 2. The fraction of sp³-hybridized carbons (Fsp3) is 0.571. The summed E-state index contributed by atoms with van der Waals surface area (Å²) in [6.07, 6.45) is 2.98. The van der Waals surface area contributed by atoms with Gasteiger partial charge in [-0.2, -0.15) is 0 Å². The SMILES string of the molecule is Cc1occc1C(=O)NCCC(C)(C)CCC(=O)O. The van der Waals surface area contributed by atoms with E-state index in [2.05, 4.69) is 5.32 Å². The smallest absolute Gasteiger partial charge is 0.303 e. The second kappa shape index (κ2) is 6.41. The van der Waals surface area contributed by atoms with Crippen molar-refractivity contribution >= 4 is 11.9 Å². The number of aryl methyl sites for hydroxylation is 1. The van der Waals surface area contributed by atoms with Gasteiger partial charge in [0.05, 0.1) is 11.8 Å². The molecule has 0 saturated carbocycles. The van der Waals surface area contributed by atoms with Crippen LogP contribution in [0.25, 0.3) is 0 Å². The van der Waals surface area contributed by atoms with Gasteiger partial charge in [0.15, 0.2) is 0 Å². The van der Waals surface area contributed by atoms with Crippen LogP contribution in [0.15, 0.2) is 16.7 Å². The minimum atomic E-state index is -0.786. The maximum atomic E-state index is 11.8. The molecule has 1 aromatic heterocycles. The molecule has 0 unspecified atom stereocenters. The van der Waals surface area contributed by atoms with Gasteiger partial charge in [0, 0.05) is 13.0 Å². The van der Waals surface area contributed by atoms with E-state index in [1.54, 1.807) is 13.0 Å². The molecule has 0 aliphatic rings. The Morgan fingerprint density at radius 2 is 2.05 bits per heavy atom. The second-order valence-electron chi connectivity index (χ2n) is 5.45. The lowest BCUT2D eigenvalue weighted by molar-refractivity contribution is -0.137. The standard InChI is InChI=1S/C14H21NO4/c1-10-11(5-9-19-10)13(18)15-8-7-14(2,3)6-4-12(16)17/h5,9H,4,6-8H2,1-3H3,(H,15,18)(H,16,17). The molecule has 0 aliphatic carbocycles. The topological polar surface area (TPSA) is 79.5 Å². The number of carbonyl (C=O) groups is 2. The Labute approximate surface area is 113 Å². The third-order valence-corrected chi connectivity index (χ3v) is 3.21. The quantitative estimate of drug-likeness (QED) is 0.795. The van der Waals surface area contributed by atoms with E-state index in [0.29, 0.717) is 24.3 Å². The number of aliphatic carboxylic acids is 1. The van der Waals surface area contributed by atoms with E-state index in [9.17, 15) is 9.59 Å². The van der Waals surface area contributed by atoms with Gasteiger partial charge in [-0.15, -0.1) is 0 Å². The van der Waals surface area contributed by atoms with Crippen LogP contribution in [0.4, 0.5) is 0 Å². The number of amides is 1. The molecule has 0 bridgehead atoms. The first-order valence-electron chi connectivity index (χ1n) is 6.36. The average Bonchev–Trinajstić information content (AvgIpc) is 2.73. The molecular weight excluding hydrogens is 246 g/mol. The summed E-state index contributed by atoms with van der Waals surface area (Å²) in [5.74, 6) is -0.339. The highest BCUT2D eigenvalue weighted by Gasteiger charge is 2.19. The molecule has 0 aromatic carbocycles. The zero-order valence-electron chi connectivity index (χ0n) is 11.7. The van der Waals surface area contributed by atoms with Crippen molar-refractivity contribution in [2.45, 2.75) is 40.0 Å². The second-order valence-corrected chi connectivity index (χ2v) is 5.45. The molecule has 2 N–H and O–H groups in total. The molecule has 1 amide bonds. The Bertz CT molecular complexity index is 448. The first kappa shape index (κ1) is 15.3. The third-order valence-electron chi connectivity index (χ3n) is 3.21. The van der Waals surface area contributed by atoms with E-state index in [0.717, 1.165) is 6.42 Å². The van der Waals surface area contributed by atoms with Crippen molar-refractivity contribution in [2.24, 2.45) is 5.41 Å². The number of nitrogens with one attached hydrogen (secondary N) is 1. The maximum Gasteiger partial charge on any atom is 0.303 e. The number of carboxylic acid groups (broad SMARTS) is 1. The van der Waals surface area contributed by atoms with Gasteiger partial charge in [0.25, 0.3) is 5.91 Å². The highest BCUT2D eigenvalue weighted by atomic mass is 16.4. The monoisotopic (exact) mass is 267 g/mol. The summed E-state index contributed by atoms with van der Waals surface area (Å²) in [6.45, 7) is 6.28. The predicted octanol–water partition coefficient (Wildman–Crippen LogP) is 2.60. The zero-order chi connectivity index (χ0) is 14.5. The van der Waals surface area contributed by atoms with Crippen molar-refractivity contribution < 1.29 is 19.1 Å². The summed E-state index contributed by atoms with van der Waals surface area (Å²) >= 11 is 0. The zero-order valence-corrected chi connectivity index (χ0v) is 11.7. The van der Waals surface area contributed by atoms with Gasteiger partial charge in [-0.1, -0.05) is 13.8 Å². The highest BCUT2D eigenvalue weighted by Crippen LogP contribution is 2.26. The molecule has 1 rings (SSSR count). The van der Waals surface area contributed by atoms with Crippen LogP contribution in [0.3, 0.4) is 0 Å². The molecule has 1 aromatic rings. The molecule has 0 radical (unpaired) electrons.